The molecule has 2 amide bonds. The van der Waals surface area contributed by atoms with Gasteiger partial charge in [0, 0.05) is 38.6 Å². The molecule has 128 valence electrons. The average molecular weight is 340 g/mol. The quantitative estimate of drug-likeness (QED) is 0.813. The number of piperidine rings is 1. The van der Waals surface area contributed by atoms with E-state index in [1.54, 1.807) is 11.1 Å². The summed E-state index contributed by atoms with van der Waals surface area (Å²) in [7, 11) is -2.98. The lowest BCUT2D eigenvalue weighted by atomic mass is 10.0. The molecule has 0 aromatic carbocycles. The van der Waals surface area contributed by atoms with Gasteiger partial charge in [-0.2, -0.15) is 0 Å². The third-order valence-electron chi connectivity index (χ3n) is 4.75. The largest absolute Gasteiger partial charge is 0.333 e. The molecule has 3 heterocycles. The van der Waals surface area contributed by atoms with E-state index in [0.717, 1.165) is 31.6 Å². The number of likely N-dealkylation sites (tertiary alicyclic amines) is 1. The summed E-state index contributed by atoms with van der Waals surface area (Å²) in [5.41, 5.74) is 0. The second-order valence-electron chi connectivity index (χ2n) is 6.20. The van der Waals surface area contributed by atoms with Gasteiger partial charge >= 0.3 is 6.03 Å². The van der Waals surface area contributed by atoms with Crippen molar-refractivity contribution in [2.45, 2.75) is 38.8 Å². The van der Waals surface area contributed by atoms with Gasteiger partial charge in [-0.05, 0) is 26.2 Å². The van der Waals surface area contributed by atoms with Crippen molar-refractivity contribution in [2.24, 2.45) is 0 Å². The summed E-state index contributed by atoms with van der Waals surface area (Å²) in [6, 6.07) is -0.0556. The van der Waals surface area contributed by atoms with Crippen molar-refractivity contribution in [2.75, 3.05) is 31.1 Å². The molecule has 1 aromatic rings. The number of sulfone groups is 1. The first kappa shape index (κ1) is 16.3. The van der Waals surface area contributed by atoms with Crippen molar-refractivity contribution in [3.63, 3.8) is 0 Å². The summed E-state index contributed by atoms with van der Waals surface area (Å²) >= 11 is 0. The van der Waals surface area contributed by atoms with E-state index < -0.39 is 9.84 Å². The second kappa shape index (κ2) is 6.51. The molecule has 1 aromatic heterocycles. The van der Waals surface area contributed by atoms with Crippen LogP contribution in [0.2, 0.25) is 0 Å². The Bertz CT molecular complexity index is 656. The predicted molar refractivity (Wildman–Crippen MR) is 86.8 cm³/mol. The molecule has 0 spiro atoms. The molecule has 0 aliphatic carbocycles. The molecule has 0 saturated carbocycles. The van der Waals surface area contributed by atoms with E-state index in [-0.39, 0.29) is 23.6 Å². The first-order valence-electron chi connectivity index (χ1n) is 8.29. The predicted octanol–water partition coefficient (Wildman–Crippen LogP) is 1.28. The maximum absolute atomic E-state index is 12.9. The van der Waals surface area contributed by atoms with E-state index in [2.05, 4.69) is 16.5 Å². The van der Waals surface area contributed by atoms with E-state index in [4.69, 9.17) is 0 Å². The molecule has 3 rings (SSSR count). The summed E-state index contributed by atoms with van der Waals surface area (Å²) in [5, 5.41) is 0. The summed E-state index contributed by atoms with van der Waals surface area (Å²) in [5.74, 6) is 1.08. The molecule has 1 atom stereocenters. The Morgan fingerprint density at radius 3 is 2.70 bits per heavy atom. The van der Waals surface area contributed by atoms with Crippen LogP contribution in [0.5, 0.6) is 0 Å². The second-order valence-corrected chi connectivity index (χ2v) is 8.50. The summed E-state index contributed by atoms with van der Waals surface area (Å²) in [6.07, 6.45) is 6.71. The van der Waals surface area contributed by atoms with Crippen LogP contribution in [0.15, 0.2) is 12.4 Å². The van der Waals surface area contributed by atoms with Gasteiger partial charge < -0.3 is 14.4 Å². The van der Waals surface area contributed by atoms with E-state index in [9.17, 15) is 13.2 Å². The van der Waals surface area contributed by atoms with Crippen LogP contribution >= 0.6 is 0 Å². The van der Waals surface area contributed by atoms with Crippen LogP contribution < -0.4 is 0 Å². The zero-order valence-electron chi connectivity index (χ0n) is 13.5. The van der Waals surface area contributed by atoms with Crippen molar-refractivity contribution in [1.29, 1.82) is 0 Å². The van der Waals surface area contributed by atoms with Gasteiger partial charge in [0.05, 0.1) is 17.5 Å². The van der Waals surface area contributed by atoms with Gasteiger partial charge in [-0.3, -0.25) is 0 Å². The Morgan fingerprint density at radius 2 is 2.00 bits per heavy atom. The Kier molecular flexibility index (Phi) is 4.61. The molecule has 0 radical (unpaired) electrons. The molecule has 7 nitrogen and oxygen atoms in total. The summed E-state index contributed by atoms with van der Waals surface area (Å²) in [6.45, 7) is 4.20. The fourth-order valence-corrected chi connectivity index (χ4v) is 4.60. The molecule has 1 unspecified atom stereocenters. The van der Waals surface area contributed by atoms with Crippen molar-refractivity contribution in [3.05, 3.63) is 18.2 Å². The third-order valence-corrected chi connectivity index (χ3v) is 6.36. The van der Waals surface area contributed by atoms with Gasteiger partial charge in [0.1, 0.15) is 5.82 Å². The van der Waals surface area contributed by atoms with Crippen LogP contribution in [0, 0.1) is 0 Å². The summed E-state index contributed by atoms with van der Waals surface area (Å²) < 4.78 is 25.2. The number of aromatic nitrogens is 2. The lowest BCUT2D eigenvalue weighted by molar-refractivity contribution is 0.113. The van der Waals surface area contributed by atoms with E-state index >= 15 is 0 Å². The molecular weight excluding hydrogens is 316 g/mol. The average Bonchev–Trinajstić information content (AvgIpc) is 3.02. The molecule has 2 saturated heterocycles. The van der Waals surface area contributed by atoms with Gasteiger partial charge in [0.2, 0.25) is 0 Å². The number of carbonyl (C=O) groups excluding carboxylic acids is 1. The lowest BCUT2D eigenvalue weighted by Crippen LogP contribution is -2.52. The van der Waals surface area contributed by atoms with Crippen molar-refractivity contribution in [3.8, 4) is 0 Å². The molecule has 23 heavy (non-hydrogen) atoms. The maximum Gasteiger partial charge on any atom is 0.320 e. The van der Waals surface area contributed by atoms with Gasteiger partial charge in [-0.15, -0.1) is 0 Å². The number of rotatable bonds is 2. The van der Waals surface area contributed by atoms with Gasteiger partial charge in [-0.1, -0.05) is 0 Å². The Morgan fingerprint density at radius 1 is 1.26 bits per heavy atom. The zero-order chi connectivity index (χ0) is 16.4. The molecule has 2 aliphatic heterocycles. The number of hydrogen-bond acceptors (Lipinski definition) is 4. The van der Waals surface area contributed by atoms with Crippen LogP contribution in [-0.4, -0.2) is 64.9 Å². The van der Waals surface area contributed by atoms with E-state index in [0.29, 0.717) is 19.6 Å². The minimum Gasteiger partial charge on any atom is -0.333 e. The molecule has 8 heteroatoms. The highest BCUT2D eigenvalue weighted by Gasteiger charge is 2.35. The van der Waals surface area contributed by atoms with Crippen LogP contribution in [-0.2, 0) is 16.4 Å². The maximum atomic E-state index is 12.9. The molecule has 2 aliphatic rings. The number of nitrogens with zero attached hydrogens (tertiary/aromatic N) is 4. The molecule has 0 N–H and O–H groups in total. The van der Waals surface area contributed by atoms with Crippen LogP contribution in [0.3, 0.4) is 0 Å². The number of hydrogen-bond donors (Lipinski definition) is 0. The number of carbonyl (C=O) groups is 1. The minimum absolute atomic E-state index is 0.00951. The monoisotopic (exact) mass is 340 g/mol. The Balaban J connectivity index is 1.77. The fourth-order valence-electron chi connectivity index (χ4n) is 3.40. The van der Waals surface area contributed by atoms with Crippen molar-refractivity contribution >= 4 is 15.9 Å². The van der Waals surface area contributed by atoms with E-state index in [1.807, 2.05) is 11.1 Å². The zero-order valence-corrected chi connectivity index (χ0v) is 14.3. The first-order chi connectivity index (χ1) is 11.0. The Labute approximate surface area is 137 Å². The molecule has 2 fully saturated rings. The highest BCUT2D eigenvalue weighted by molar-refractivity contribution is 7.91. The Hall–Kier alpha value is -1.57. The van der Waals surface area contributed by atoms with Crippen LogP contribution in [0.4, 0.5) is 4.79 Å². The summed E-state index contributed by atoms with van der Waals surface area (Å²) in [4.78, 5) is 20.9. The topological polar surface area (TPSA) is 75.5 Å². The SMILES string of the molecule is CCn1ccnc1C1CCCCN1C(=O)N1CCS(=O)(=O)CC1. The van der Waals surface area contributed by atoms with Gasteiger partial charge in [0.15, 0.2) is 9.84 Å². The van der Waals surface area contributed by atoms with Gasteiger partial charge in [-0.25, -0.2) is 18.2 Å². The highest BCUT2D eigenvalue weighted by Crippen LogP contribution is 2.31. The van der Waals surface area contributed by atoms with Crippen LogP contribution in [0.1, 0.15) is 38.1 Å². The standard InChI is InChI=1S/C15H24N4O3S/c1-2-17-8-6-16-14(17)13-5-3-4-7-19(13)15(20)18-9-11-23(21,22)12-10-18/h6,8,13H,2-5,7,9-12H2,1H3. The van der Waals surface area contributed by atoms with Crippen molar-refractivity contribution < 1.29 is 13.2 Å². The molecular formula is C15H24N4O3S. The van der Waals surface area contributed by atoms with E-state index in [1.165, 1.54) is 0 Å². The number of amides is 2. The van der Waals surface area contributed by atoms with Gasteiger partial charge in [0.25, 0.3) is 0 Å². The molecule has 0 bridgehead atoms. The third kappa shape index (κ3) is 3.36. The number of urea groups is 1. The number of imidazole rings is 1. The number of aryl methyl sites for hydroxylation is 1. The van der Waals surface area contributed by atoms with Crippen LogP contribution in [0.25, 0.3) is 0 Å². The lowest BCUT2D eigenvalue weighted by Gasteiger charge is -2.39. The fraction of sp³-hybridized carbons (Fsp3) is 0.733. The highest BCUT2D eigenvalue weighted by atomic mass is 32.2. The minimum atomic E-state index is -2.98. The first-order valence-corrected chi connectivity index (χ1v) is 10.1. The normalized spacial score (nSPS) is 24.7. The smallest absolute Gasteiger partial charge is 0.320 e. The van der Waals surface area contributed by atoms with Crippen molar-refractivity contribution in [1.82, 2.24) is 19.4 Å².